The Bertz CT molecular complexity index is 448. The first-order valence-corrected chi connectivity index (χ1v) is 6.79. The molecule has 0 aromatic heterocycles. The molecule has 1 fully saturated rings. The largest absolute Gasteiger partial charge is 0.480 e. The van der Waals surface area contributed by atoms with Crippen molar-refractivity contribution >= 4 is 22.1 Å². The van der Waals surface area contributed by atoms with Crippen LogP contribution in [0.4, 0.5) is 3.89 Å². The topological polar surface area (TPSA) is 112 Å². The van der Waals surface area contributed by atoms with Gasteiger partial charge in [-0.1, -0.05) is 0 Å². The normalized spacial score (nSPS) is 24.1. The number of rotatable bonds is 5. The average Bonchev–Trinajstić information content (AvgIpc) is 2.42. The Hall–Kier alpha value is -1.22. The first kappa shape index (κ1) is 14.8. The molecule has 2 N–H and O–H groups in total. The van der Waals surface area contributed by atoms with Gasteiger partial charge in [-0.3, -0.25) is 4.79 Å². The smallest absolute Gasteiger partial charge is 0.329 e. The Labute approximate surface area is 103 Å². The van der Waals surface area contributed by atoms with Crippen molar-refractivity contribution in [1.29, 1.82) is 0 Å². The third-order valence-corrected chi connectivity index (χ3v) is 3.59. The molecule has 0 bridgehead atoms. The predicted octanol–water partition coefficient (Wildman–Crippen LogP) is -1.03. The van der Waals surface area contributed by atoms with E-state index in [2.05, 4.69) is 0 Å². The highest BCUT2D eigenvalue weighted by Crippen LogP contribution is 2.23. The summed E-state index contributed by atoms with van der Waals surface area (Å²) < 4.78 is 33.4. The number of carboxylic acids is 1. The van der Waals surface area contributed by atoms with E-state index in [0.717, 1.165) is 4.90 Å². The van der Waals surface area contributed by atoms with Gasteiger partial charge in [0.15, 0.2) is 6.04 Å². The maximum Gasteiger partial charge on any atom is 0.329 e. The van der Waals surface area contributed by atoms with E-state index in [1.54, 1.807) is 0 Å². The average molecular weight is 283 g/mol. The van der Waals surface area contributed by atoms with Gasteiger partial charge in [-0.15, -0.1) is 3.89 Å². The molecule has 18 heavy (non-hydrogen) atoms. The van der Waals surface area contributed by atoms with Crippen molar-refractivity contribution < 1.29 is 32.1 Å². The van der Waals surface area contributed by atoms with Crippen LogP contribution in [0.5, 0.6) is 0 Å². The van der Waals surface area contributed by atoms with Gasteiger partial charge in [0.2, 0.25) is 5.91 Å². The second-order valence-electron chi connectivity index (χ2n) is 4.35. The SMILES string of the molecule is C[C@H](O)[C@H](C(=O)O)N1CC(CS(=O)(=O)F)CC1=O. The zero-order valence-electron chi connectivity index (χ0n) is 9.61. The van der Waals surface area contributed by atoms with Crippen LogP contribution in [0.15, 0.2) is 0 Å². The lowest BCUT2D eigenvalue weighted by Gasteiger charge is -2.26. The fourth-order valence-electron chi connectivity index (χ4n) is 2.07. The van der Waals surface area contributed by atoms with E-state index in [4.69, 9.17) is 5.11 Å². The van der Waals surface area contributed by atoms with Gasteiger partial charge in [0.25, 0.3) is 0 Å². The number of carboxylic acid groups (broad SMARTS) is 1. The van der Waals surface area contributed by atoms with Crippen molar-refractivity contribution in [3.8, 4) is 0 Å². The summed E-state index contributed by atoms with van der Waals surface area (Å²) in [4.78, 5) is 23.4. The monoisotopic (exact) mass is 283 g/mol. The molecule has 3 atom stereocenters. The molecule has 1 aliphatic rings. The van der Waals surface area contributed by atoms with E-state index in [-0.39, 0.29) is 13.0 Å². The first-order valence-electron chi connectivity index (χ1n) is 5.24. The van der Waals surface area contributed by atoms with Crippen LogP contribution in [0, 0.1) is 5.92 Å². The Morgan fingerprint density at radius 3 is 2.56 bits per heavy atom. The highest BCUT2D eigenvalue weighted by atomic mass is 32.3. The Kier molecular flexibility index (Phi) is 4.28. The summed E-state index contributed by atoms with van der Waals surface area (Å²) in [6.45, 7) is 1.02. The van der Waals surface area contributed by atoms with E-state index in [9.17, 15) is 27.0 Å². The minimum absolute atomic E-state index is 0.191. The van der Waals surface area contributed by atoms with Gasteiger partial charge in [0, 0.05) is 18.9 Å². The van der Waals surface area contributed by atoms with Gasteiger partial charge in [0.1, 0.15) is 0 Å². The van der Waals surface area contributed by atoms with Crippen molar-refractivity contribution in [3.63, 3.8) is 0 Å². The number of halogens is 1. The van der Waals surface area contributed by atoms with Crippen LogP contribution in [-0.4, -0.2) is 59.9 Å². The predicted molar refractivity (Wildman–Crippen MR) is 57.8 cm³/mol. The summed E-state index contributed by atoms with van der Waals surface area (Å²) in [6, 6.07) is -1.44. The Morgan fingerprint density at radius 1 is 1.61 bits per heavy atom. The van der Waals surface area contributed by atoms with Crippen molar-refractivity contribution in [2.45, 2.75) is 25.5 Å². The molecule has 1 saturated heterocycles. The summed E-state index contributed by atoms with van der Waals surface area (Å²) in [5, 5.41) is 18.2. The molecule has 9 heteroatoms. The third-order valence-electron chi connectivity index (χ3n) is 2.72. The zero-order chi connectivity index (χ0) is 14.1. The van der Waals surface area contributed by atoms with Crippen LogP contribution in [0.25, 0.3) is 0 Å². The molecule has 0 saturated carbocycles. The summed E-state index contributed by atoms with van der Waals surface area (Å²) in [5.74, 6) is -3.59. The maximum atomic E-state index is 12.5. The van der Waals surface area contributed by atoms with Crippen LogP contribution < -0.4 is 0 Å². The minimum atomic E-state index is -4.71. The number of aliphatic carboxylic acids is 1. The molecular weight excluding hydrogens is 269 g/mol. The molecule has 0 aromatic rings. The van der Waals surface area contributed by atoms with E-state index in [1.807, 2.05) is 0 Å². The summed E-state index contributed by atoms with van der Waals surface area (Å²) >= 11 is 0. The van der Waals surface area contributed by atoms with Crippen molar-refractivity contribution in [2.24, 2.45) is 5.92 Å². The number of amides is 1. The molecule has 0 aliphatic carbocycles. The summed E-state index contributed by atoms with van der Waals surface area (Å²) in [6.07, 6.45) is -1.54. The lowest BCUT2D eigenvalue weighted by Crippen LogP contribution is -2.48. The Morgan fingerprint density at radius 2 is 2.17 bits per heavy atom. The summed E-state index contributed by atoms with van der Waals surface area (Å²) in [7, 11) is -4.71. The van der Waals surface area contributed by atoms with Gasteiger partial charge < -0.3 is 15.1 Å². The molecule has 1 unspecified atom stereocenters. The molecule has 0 spiro atoms. The first-order chi connectivity index (χ1) is 8.11. The Balaban J connectivity index is 2.81. The standard InChI is InChI=1S/C9H14FNO6S/c1-5(12)8(9(14)15)11-3-6(2-7(11)13)4-18(10,16)17/h5-6,8,12H,2-4H2,1H3,(H,14,15)/t5-,6?,8+/m0/s1. The molecule has 1 amide bonds. The number of aliphatic hydroxyl groups is 1. The molecule has 7 nitrogen and oxygen atoms in total. The highest BCUT2D eigenvalue weighted by molar-refractivity contribution is 7.86. The fraction of sp³-hybridized carbons (Fsp3) is 0.778. The van der Waals surface area contributed by atoms with Gasteiger partial charge in [-0.2, -0.15) is 8.42 Å². The van der Waals surface area contributed by atoms with Crippen molar-refractivity contribution in [2.75, 3.05) is 12.3 Å². The molecule has 0 aromatic carbocycles. The van der Waals surface area contributed by atoms with Gasteiger partial charge >= 0.3 is 16.2 Å². The van der Waals surface area contributed by atoms with E-state index in [0.29, 0.717) is 0 Å². The number of carbonyl (C=O) groups excluding carboxylic acids is 1. The zero-order valence-corrected chi connectivity index (χ0v) is 10.4. The number of aliphatic hydroxyl groups excluding tert-OH is 1. The van der Waals surface area contributed by atoms with Crippen LogP contribution in [0.3, 0.4) is 0 Å². The van der Waals surface area contributed by atoms with Gasteiger partial charge in [-0.05, 0) is 6.92 Å². The maximum absolute atomic E-state index is 12.5. The number of hydrogen-bond acceptors (Lipinski definition) is 5. The number of likely N-dealkylation sites (tertiary alicyclic amines) is 1. The van der Waals surface area contributed by atoms with E-state index < -0.39 is 45.9 Å². The highest BCUT2D eigenvalue weighted by Gasteiger charge is 2.41. The molecule has 104 valence electrons. The molecular formula is C9H14FNO6S. The van der Waals surface area contributed by atoms with Crippen LogP contribution in [0.1, 0.15) is 13.3 Å². The number of nitrogens with zero attached hydrogens (tertiary/aromatic N) is 1. The second-order valence-corrected chi connectivity index (χ2v) is 5.76. The quantitative estimate of drug-likeness (QED) is 0.624. The molecule has 1 heterocycles. The molecule has 1 aliphatic heterocycles. The van der Waals surface area contributed by atoms with Crippen molar-refractivity contribution in [1.82, 2.24) is 4.90 Å². The van der Waals surface area contributed by atoms with Crippen LogP contribution in [-0.2, 0) is 19.8 Å². The van der Waals surface area contributed by atoms with E-state index in [1.165, 1.54) is 6.92 Å². The van der Waals surface area contributed by atoms with E-state index >= 15 is 0 Å². The number of hydrogen-bond donors (Lipinski definition) is 2. The number of carbonyl (C=O) groups is 2. The van der Waals surface area contributed by atoms with Crippen LogP contribution >= 0.6 is 0 Å². The molecule has 0 radical (unpaired) electrons. The second kappa shape index (κ2) is 5.19. The summed E-state index contributed by atoms with van der Waals surface area (Å²) in [5.41, 5.74) is 0. The van der Waals surface area contributed by atoms with Crippen molar-refractivity contribution in [3.05, 3.63) is 0 Å². The minimum Gasteiger partial charge on any atom is -0.480 e. The van der Waals surface area contributed by atoms with Gasteiger partial charge in [0.05, 0.1) is 11.9 Å². The fourth-order valence-corrected chi connectivity index (χ4v) is 2.86. The van der Waals surface area contributed by atoms with Crippen LogP contribution in [0.2, 0.25) is 0 Å². The third kappa shape index (κ3) is 3.64. The lowest BCUT2D eigenvalue weighted by molar-refractivity contribution is -0.152. The lowest BCUT2D eigenvalue weighted by atomic mass is 10.1. The van der Waals surface area contributed by atoms with Gasteiger partial charge in [-0.25, -0.2) is 4.79 Å². The molecule has 1 rings (SSSR count).